The molecule has 1 saturated carbocycles. The van der Waals surface area contributed by atoms with Crippen LogP contribution >= 0.6 is 12.4 Å². The highest BCUT2D eigenvalue weighted by molar-refractivity contribution is 5.92. The molecule has 4 nitrogen and oxygen atoms in total. The van der Waals surface area contributed by atoms with E-state index >= 15 is 0 Å². The van der Waals surface area contributed by atoms with Gasteiger partial charge in [0.2, 0.25) is 5.91 Å². The number of nitrogens with one attached hydrogen (secondary N) is 1. The molecule has 0 aromatic heterocycles. The Morgan fingerprint density at radius 3 is 2.59 bits per heavy atom. The van der Waals surface area contributed by atoms with Gasteiger partial charge in [0.05, 0.1) is 12.7 Å². The van der Waals surface area contributed by atoms with Gasteiger partial charge in [0.25, 0.3) is 0 Å². The fraction of sp³-hybridized carbons (Fsp3) is 0.588. The smallest absolute Gasteiger partial charge is 0.227 e. The maximum atomic E-state index is 12.2. The number of amides is 1. The van der Waals surface area contributed by atoms with E-state index < -0.39 is 0 Å². The third kappa shape index (κ3) is 5.95. The van der Waals surface area contributed by atoms with Gasteiger partial charge in [0.1, 0.15) is 0 Å². The summed E-state index contributed by atoms with van der Waals surface area (Å²) in [5, 5.41) is 2.99. The van der Waals surface area contributed by atoms with Crippen LogP contribution in [0.5, 0.6) is 0 Å². The Bertz CT molecular complexity index is 462. The minimum Gasteiger partial charge on any atom is -0.374 e. The molecule has 2 atom stereocenters. The molecule has 1 aromatic carbocycles. The molecule has 1 aliphatic carbocycles. The number of ether oxygens (including phenoxy) is 1. The van der Waals surface area contributed by atoms with Crippen molar-refractivity contribution in [1.29, 1.82) is 0 Å². The monoisotopic (exact) mass is 326 g/mol. The van der Waals surface area contributed by atoms with Crippen LogP contribution in [0.4, 0.5) is 5.69 Å². The molecule has 0 heterocycles. The van der Waals surface area contributed by atoms with E-state index in [0.29, 0.717) is 6.61 Å². The quantitative estimate of drug-likeness (QED) is 0.870. The van der Waals surface area contributed by atoms with Gasteiger partial charge >= 0.3 is 0 Å². The van der Waals surface area contributed by atoms with Crippen LogP contribution in [0.3, 0.4) is 0 Å². The lowest BCUT2D eigenvalue weighted by atomic mass is 9.85. The topological polar surface area (TPSA) is 64.3 Å². The highest BCUT2D eigenvalue weighted by Gasteiger charge is 2.25. The average molecular weight is 327 g/mol. The van der Waals surface area contributed by atoms with Crippen molar-refractivity contribution >= 4 is 24.0 Å². The van der Waals surface area contributed by atoms with Crippen molar-refractivity contribution in [3.63, 3.8) is 0 Å². The zero-order valence-corrected chi connectivity index (χ0v) is 14.2. The van der Waals surface area contributed by atoms with Crippen LogP contribution in [-0.2, 0) is 16.1 Å². The summed E-state index contributed by atoms with van der Waals surface area (Å²) >= 11 is 0. The zero-order chi connectivity index (χ0) is 15.2. The van der Waals surface area contributed by atoms with E-state index in [4.69, 9.17) is 10.5 Å². The first kappa shape index (κ1) is 18.9. The van der Waals surface area contributed by atoms with Crippen LogP contribution in [0.1, 0.15) is 45.1 Å². The van der Waals surface area contributed by atoms with Gasteiger partial charge in [0.15, 0.2) is 0 Å². The summed E-state index contributed by atoms with van der Waals surface area (Å²) in [6, 6.07) is 8.01. The summed E-state index contributed by atoms with van der Waals surface area (Å²) in [5.41, 5.74) is 7.89. The predicted molar refractivity (Wildman–Crippen MR) is 92.2 cm³/mol. The molecular formula is C17H27ClN2O2. The lowest BCUT2D eigenvalue weighted by molar-refractivity contribution is -0.120. The lowest BCUT2D eigenvalue weighted by Gasteiger charge is -2.25. The first-order valence-electron chi connectivity index (χ1n) is 7.81. The van der Waals surface area contributed by atoms with Crippen molar-refractivity contribution in [2.75, 3.05) is 5.32 Å². The van der Waals surface area contributed by atoms with Gasteiger partial charge in [-0.25, -0.2) is 0 Å². The van der Waals surface area contributed by atoms with Crippen LogP contribution in [-0.4, -0.2) is 18.1 Å². The number of hydrogen-bond donors (Lipinski definition) is 2. The third-order valence-corrected chi connectivity index (χ3v) is 3.89. The predicted octanol–water partition coefficient (Wildman–Crippen LogP) is 3.49. The molecule has 1 amide bonds. The molecule has 0 aliphatic heterocycles. The maximum Gasteiger partial charge on any atom is 0.227 e. The fourth-order valence-corrected chi connectivity index (χ4v) is 2.66. The molecule has 22 heavy (non-hydrogen) atoms. The number of hydrogen-bond acceptors (Lipinski definition) is 3. The van der Waals surface area contributed by atoms with Gasteiger partial charge in [0, 0.05) is 17.6 Å². The van der Waals surface area contributed by atoms with Crippen molar-refractivity contribution in [3.05, 3.63) is 29.8 Å². The number of nitrogens with two attached hydrogens (primary N) is 1. The first-order valence-corrected chi connectivity index (χ1v) is 7.81. The SMILES string of the molecule is CC(C)OCc1ccc(NC(=O)C2CCCC(N)C2)cc1.Cl. The summed E-state index contributed by atoms with van der Waals surface area (Å²) in [6.45, 7) is 4.64. The summed E-state index contributed by atoms with van der Waals surface area (Å²) in [4.78, 5) is 12.2. The Kier molecular flexibility index (Phi) is 7.87. The van der Waals surface area contributed by atoms with Crippen molar-refractivity contribution in [1.82, 2.24) is 0 Å². The molecule has 5 heteroatoms. The standard InChI is InChI=1S/C17H26N2O2.ClH/c1-12(2)21-11-13-6-8-16(9-7-13)19-17(20)14-4-3-5-15(18)10-14;/h6-9,12,14-15H,3-5,10-11,18H2,1-2H3,(H,19,20);1H. The van der Waals surface area contributed by atoms with Crippen LogP contribution in [0, 0.1) is 5.92 Å². The zero-order valence-electron chi connectivity index (χ0n) is 13.4. The number of benzene rings is 1. The minimum atomic E-state index is 0. The maximum absolute atomic E-state index is 12.2. The molecule has 1 aliphatic rings. The van der Waals surface area contributed by atoms with Gasteiger partial charge in [-0.15, -0.1) is 12.4 Å². The lowest BCUT2D eigenvalue weighted by Crippen LogP contribution is -2.34. The number of rotatable bonds is 5. The molecule has 1 fully saturated rings. The molecule has 0 bridgehead atoms. The molecule has 2 unspecified atom stereocenters. The van der Waals surface area contributed by atoms with Gasteiger partial charge in [-0.2, -0.15) is 0 Å². The van der Waals surface area contributed by atoms with Gasteiger partial charge in [-0.1, -0.05) is 18.6 Å². The second-order valence-corrected chi connectivity index (χ2v) is 6.17. The van der Waals surface area contributed by atoms with E-state index in [1.165, 1.54) is 0 Å². The number of anilines is 1. The van der Waals surface area contributed by atoms with E-state index in [1.54, 1.807) is 0 Å². The van der Waals surface area contributed by atoms with Gasteiger partial charge < -0.3 is 15.8 Å². The number of halogens is 1. The largest absolute Gasteiger partial charge is 0.374 e. The summed E-state index contributed by atoms with van der Waals surface area (Å²) in [6.07, 6.45) is 4.05. The van der Waals surface area contributed by atoms with Crippen molar-refractivity contribution < 1.29 is 9.53 Å². The second kappa shape index (κ2) is 9.13. The molecule has 0 spiro atoms. The highest BCUT2D eigenvalue weighted by Crippen LogP contribution is 2.24. The van der Waals surface area contributed by atoms with E-state index in [2.05, 4.69) is 5.32 Å². The summed E-state index contributed by atoms with van der Waals surface area (Å²) in [5.74, 6) is 0.147. The minimum absolute atomic E-state index is 0. The van der Waals surface area contributed by atoms with Crippen LogP contribution in [0.25, 0.3) is 0 Å². The van der Waals surface area contributed by atoms with Crippen molar-refractivity contribution in [2.24, 2.45) is 11.7 Å². The van der Waals surface area contributed by atoms with E-state index in [0.717, 1.165) is 36.9 Å². The molecule has 0 saturated heterocycles. The van der Waals surface area contributed by atoms with Crippen molar-refractivity contribution in [3.8, 4) is 0 Å². The molecular weight excluding hydrogens is 300 g/mol. The summed E-state index contributed by atoms with van der Waals surface area (Å²) < 4.78 is 5.55. The van der Waals surface area contributed by atoms with E-state index in [1.807, 2.05) is 38.1 Å². The summed E-state index contributed by atoms with van der Waals surface area (Å²) in [7, 11) is 0. The molecule has 2 rings (SSSR count). The Hall–Kier alpha value is -1.10. The first-order chi connectivity index (χ1) is 10.0. The number of carbonyl (C=O) groups excluding carboxylic acids is 1. The Morgan fingerprint density at radius 2 is 2.00 bits per heavy atom. The number of carbonyl (C=O) groups is 1. The van der Waals surface area contributed by atoms with E-state index in [9.17, 15) is 4.79 Å². The Labute approximate surface area is 139 Å². The van der Waals surface area contributed by atoms with E-state index in [-0.39, 0.29) is 36.4 Å². The molecule has 1 aromatic rings. The van der Waals surface area contributed by atoms with Crippen LogP contribution in [0.2, 0.25) is 0 Å². The highest BCUT2D eigenvalue weighted by atomic mass is 35.5. The van der Waals surface area contributed by atoms with Crippen LogP contribution < -0.4 is 11.1 Å². The van der Waals surface area contributed by atoms with Crippen molar-refractivity contribution in [2.45, 2.75) is 58.3 Å². The average Bonchev–Trinajstić information content (AvgIpc) is 2.46. The molecule has 124 valence electrons. The third-order valence-electron chi connectivity index (χ3n) is 3.89. The van der Waals surface area contributed by atoms with Gasteiger partial charge in [-0.3, -0.25) is 4.79 Å². The molecule has 3 N–H and O–H groups in total. The normalized spacial score (nSPS) is 21.3. The van der Waals surface area contributed by atoms with Gasteiger partial charge in [-0.05, 0) is 50.8 Å². The van der Waals surface area contributed by atoms with Crippen LogP contribution in [0.15, 0.2) is 24.3 Å². The molecule has 0 radical (unpaired) electrons. The Balaban J connectivity index is 0.00000242. The fourth-order valence-electron chi connectivity index (χ4n) is 2.66. The second-order valence-electron chi connectivity index (χ2n) is 6.17. The Morgan fingerprint density at radius 1 is 1.32 bits per heavy atom.